The molecule has 1 amide bonds. The highest BCUT2D eigenvalue weighted by Crippen LogP contribution is 2.30. The van der Waals surface area contributed by atoms with Crippen LogP contribution in [0.1, 0.15) is 19.4 Å². The van der Waals surface area contributed by atoms with Crippen LogP contribution in [0.25, 0.3) is 5.57 Å². The maximum absolute atomic E-state index is 13.2. The van der Waals surface area contributed by atoms with Gasteiger partial charge in [0.25, 0.3) is 5.91 Å². The number of carbonyl (C=O) groups excluding carboxylic acids is 1. The Morgan fingerprint density at radius 3 is 2.17 bits per heavy atom. The smallest absolute Gasteiger partial charge is 0.283 e. The molecule has 3 rings (SSSR count). The molecule has 0 spiro atoms. The molecule has 0 N–H and O–H groups in total. The molecule has 6 nitrogen and oxygen atoms in total. The fourth-order valence-electron chi connectivity index (χ4n) is 3.36. The second kappa shape index (κ2) is 8.61. The molecule has 0 saturated heterocycles. The van der Waals surface area contributed by atoms with Crippen LogP contribution in [0.5, 0.6) is 0 Å². The standard InChI is InChI=1S/C23H25N5O/c1-5-27(6-2)18-14-12-17(13-15-18)20(16-24)21-22(26(3)4)25-28(23(21)29)19-10-8-7-9-11-19/h7-15H,5-6H2,1-4H3. The maximum Gasteiger partial charge on any atom is 0.283 e. The monoisotopic (exact) mass is 387 g/mol. The molecule has 2 aromatic rings. The van der Waals surface area contributed by atoms with Crippen LogP contribution in [0.4, 0.5) is 11.4 Å². The molecular formula is C23H25N5O. The number of hydrogen-bond donors (Lipinski definition) is 0. The lowest BCUT2D eigenvalue weighted by Crippen LogP contribution is -2.26. The zero-order chi connectivity index (χ0) is 21.0. The molecule has 148 valence electrons. The number of hydrogen-bond acceptors (Lipinski definition) is 5. The molecule has 0 radical (unpaired) electrons. The van der Waals surface area contributed by atoms with E-state index in [4.69, 9.17) is 0 Å². The van der Waals surface area contributed by atoms with Crippen LogP contribution >= 0.6 is 0 Å². The van der Waals surface area contributed by atoms with Crippen molar-refractivity contribution in [3.63, 3.8) is 0 Å². The quantitative estimate of drug-likeness (QED) is 0.579. The van der Waals surface area contributed by atoms with Gasteiger partial charge in [-0.15, -0.1) is 5.10 Å². The molecule has 1 aliphatic heterocycles. The number of para-hydroxylation sites is 1. The van der Waals surface area contributed by atoms with Gasteiger partial charge in [-0.05, 0) is 43.7 Å². The number of hydrazone groups is 1. The summed E-state index contributed by atoms with van der Waals surface area (Å²) in [6.07, 6.45) is 0. The Hall–Kier alpha value is -3.59. The van der Waals surface area contributed by atoms with E-state index in [0.717, 1.165) is 18.8 Å². The van der Waals surface area contributed by atoms with Gasteiger partial charge in [-0.1, -0.05) is 30.3 Å². The van der Waals surface area contributed by atoms with E-state index in [0.29, 0.717) is 28.2 Å². The van der Waals surface area contributed by atoms with Gasteiger partial charge in [0.15, 0.2) is 5.84 Å². The van der Waals surface area contributed by atoms with Crippen molar-refractivity contribution in [2.45, 2.75) is 13.8 Å². The third-order valence-corrected chi connectivity index (χ3v) is 4.90. The van der Waals surface area contributed by atoms with E-state index in [1.165, 1.54) is 5.01 Å². The summed E-state index contributed by atoms with van der Waals surface area (Å²) in [5.41, 5.74) is 3.10. The summed E-state index contributed by atoms with van der Waals surface area (Å²) in [6.45, 7) is 6.03. The predicted molar refractivity (Wildman–Crippen MR) is 118 cm³/mol. The number of amides is 1. The Morgan fingerprint density at radius 2 is 1.66 bits per heavy atom. The highest BCUT2D eigenvalue weighted by molar-refractivity contribution is 6.34. The van der Waals surface area contributed by atoms with Crippen LogP contribution in [-0.4, -0.2) is 43.8 Å². The lowest BCUT2D eigenvalue weighted by Gasteiger charge is -2.21. The third kappa shape index (κ3) is 3.85. The van der Waals surface area contributed by atoms with E-state index in [1.807, 2.05) is 68.7 Å². The van der Waals surface area contributed by atoms with Crippen LogP contribution in [-0.2, 0) is 4.79 Å². The SMILES string of the molecule is CCN(CC)c1ccc(C(C#N)=C2C(=O)N(c3ccccc3)N=C2N(C)C)cc1. The average molecular weight is 387 g/mol. The number of carbonyl (C=O) groups is 1. The fraction of sp³-hybridized carbons (Fsp3) is 0.261. The minimum atomic E-state index is -0.302. The highest BCUT2D eigenvalue weighted by atomic mass is 16.2. The number of rotatable bonds is 5. The number of amidine groups is 1. The number of benzene rings is 2. The van der Waals surface area contributed by atoms with Gasteiger partial charge in [0.05, 0.1) is 11.3 Å². The molecule has 1 heterocycles. The van der Waals surface area contributed by atoms with Crippen molar-refractivity contribution >= 4 is 28.7 Å². The molecule has 0 fully saturated rings. The van der Waals surface area contributed by atoms with E-state index in [2.05, 4.69) is 29.9 Å². The Kier molecular flexibility index (Phi) is 5.99. The van der Waals surface area contributed by atoms with Crippen molar-refractivity contribution in [2.75, 3.05) is 37.1 Å². The molecule has 0 aliphatic carbocycles. The molecule has 1 aliphatic rings. The summed E-state index contributed by atoms with van der Waals surface area (Å²) in [5.74, 6) is 0.174. The number of nitrogens with zero attached hydrogens (tertiary/aromatic N) is 5. The van der Waals surface area contributed by atoms with Gasteiger partial charge in [0, 0.05) is 32.9 Å². The topological polar surface area (TPSA) is 62.9 Å². The zero-order valence-electron chi connectivity index (χ0n) is 17.3. The molecule has 0 atom stereocenters. The second-order valence-corrected chi connectivity index (χ2v) is 6.85. The van der Waals surface area contributed by atoms with Crippen LogP contribution < -0.4 is 9.91 Å². The lowest BCUT2D eigenvalue weighted by atomic mass is 9.99. The highest BCUT2D eigenvalue weighted by Gasteiger charge is 2.35. The van der Waals surface area contributed by atoms with Crippen molar-refractivity contribution in [1.29, 1.82) is 5.26 Å². The molecule has 0 unspecified atom stereocenters. The number of likely N-dealkylation sites (N-methyl/N-ethyl adjacent to an activating group) is 1. The van der Waals surface area contributed by atoms with Crippen molar-refractivity contribution in [3.05, 3.63) is 65.7 Å². The zero-order valence-corrected chi connectivity index (χ0v) is 17.3. The van der Waals surface area contributed by atoms with Crippen molar-refractivity contribution < 1.29 is 4.79 Å². The van der Waals surface area contributed by atoms with E-state index in [-0.39, 0.29) is 5.91 Å². The summed E-state index contributed by atoms with van der Waals surface area (Å²) in [5, 5.41) is 15.8. The van der Waals surface area contributed by atoms with Crippen LogP contribution in [0.3, 0.4) is 0 Å². The maximum atomic E-state index is 13.2. The molecule has 0 aromatic heterocycles. The Balaban J connectivity index is 2.07. The molecule has 29 heavy (non-hydrogen) atoms. The first-order valence-corrected chi connectivity index (χ1v) is 9.67. The normalized spacial score (nSPS) is 15.1. The van der Waals surface area contributed by atoms with Crippen molar-refractivity contribution in [2.24, 2.45) is 5.10 Å². The Bertz CT molecular complexity index is 980. The fourth-order valence-corrected chi connectivity index (χ4v) is 3.36. The Labute approximate surface area is 172 Å². The predicted octanol–water partition coefficient (Wildman–Crippen LogP) is 3.73. The number of nitriles is 1. The van der Waals surface area contributed by atoms with Gasteiger partial charge in [0.1, 0.15) is 11.6 Å². The van der Waals surface area contributed by atoms with E-state index >= 15 is 0 Å². The summed E-state index contributed by atoms with van der Waals surface area (Å²) < 4.78 is 0. The molecule has 2 aromatic carbocycles. The van der Waals surface area contributed by atoms with Gasteiger partial charge in [0.2, 0.25) is 0 Å². The van der Waals surface area contributed by atoms with Crippen LogP contribution in [0.2, 0.25) is 0 Å². The minimum Gasteiger partial charge on any atom is -0.372 e. The van der Waals surface area contributed by atoms with Gasteiger partial charge >= 0.3 is 0 Å². The Morgan fingerprint density at radius 1 is 1.03 bits per heavy atom. The first-order chi connectivity index (χ1) is 14.0. The lowest BCUT2D eigenvalue weighted by molar-refractivity contribution is -0.114. The number of allylic oxidation sites excluding steroid dienone is 1. The van der Waals surface area contributed by atoms with Crippen molar-refractivity contribution in [3.8, 4) is 6.07 Å². The van der Waals surface area contributed by atoms with Gasteiger partial charge in [-0.25, -0.2) is 0 Å². The van der Waals surface area contributed by atoms with Gasteiger partial charge in [-0.3, -0.25) is 4.79 Å². The minimum absolute atomic E-state index is 0.302. The van der Waals surface area contributed by atoms with Gasteiger partial charge in [-0.2, -0.15) is 10.3 Å². The molecule has 0 saturated carbocycles. The number of anilines is 2. The van der Waals surface area contributed by atoms with Crippen LogP contribution in [0.15, 0.2) is 65.3 Å². The second-order valence-electron chi connectivity index (χ2n) is 6.85. The van der Waals surface area contributed by atoms with Crippen molar-refractivity contribution in [1.82, 2.24) is 4.90 Å². The first kappa shape index (κ1) is 20.2. The molecule has 0 bridgehead atoms. The molecule has 6 heteroatoms. The van der Waals surface area contributed by atoms with E-state index in [9.17, 15) is 10.1 Å². The molecular weight excluding hydrogens is 362 g/mol. The summed E-state index contributed by atoms with van der Waals surface area (Å²) in [6, 6.07) is 19.2. The average Bonchev–Trinajstić information content (AvgIpc) is 3.09. The first-order valence-electron chi connectivity index (χ1n) is 9.67. The van der Waals surface area contributed by atoms with E-state index in [1.54, 1.807) is 4.90 Å². The van der Waals surface area contributed by atoms with Gasteiger partial charge < -0.3 is 9.80 Å². The largest absolute Gasteiger partial charge is 0.372 e. The summed E-state index contributed by atoms with van der Waals surface area (Å²) in [4.78, 5) is 17.2. The summed E-state index contributed by atoms with van der Waals surface area (Å²) in [7, 11) is 3.64. The summed E-state index contributed by atoms with van der Waals surface area (Å²) >= 11 is 0. The van der Waals surface area contributed by atoms with Crippen LogP contribution in [0, 0.1) is 11.3 Å². The third-order valence-electron chi connectivity index (χ3n) is 4.90. The van der Waals surface area contributed by atoms with E-state index < -0.39 is 0 Å².